The van der Waals surface area contributed by atoms with Gasteiger partial charge in [0.05, 0.1) is 13.2 Å². The number of hydrogen-bond acceptors (Lipinski definition) is 4. The Balaban J connectivity index is 3.59. The van der Waals surface area contributed by atoms with Gasteiger partial charge < -0.3 is 14.8 Å². The fourth-order valence-electron chi connectivity index (χ4n) is 3.55. The first-order chi connectivity index (χ1) is 15.5. The predicted molar refractivity (Wildman–Crippen MR) is 134 cm³/mol. The van der Waals surface area contributed by atoms with Crippen molar-refractivity contribution in [2.24, 2.45) is 5.92 Å². The van der Waals surface area contributed by atoms with E-state index in [9.17, 15) is 9.59 Å². The highest BCUT2D eigenvalue weighted by Crippen LogP contribution is 2.13. The van der Waals surface area contributed by atoms with Crippen LogP contribution >= 0.6 is 0 Å². The molecule has 1 N–H and O–H groups in total. The van der Waals surface area contributed by atoms with Gasteiger partial charge in [0.1, 0.15) is 6.04 Å². The van der Waals surface area contributed by atoms with Crippen molar-refractivity contribution >= 4 is 12.1 Å². The number of nitrogens with one attached hydrogen (secondary N) is 1. The summed E-state index contributed by atoms with van der Waals surface area (Å²) < 4.78 is 10.4. The minimum atomic E-state index is -0.733. The Morgan fingerprint density at radius 2 is 1.25 bits per heavy atom. The Hall–Kier alpha value is -1.52. The number of amides is 1. The second kappa shape index (κ2) is 22.7. The van der Waals surface area contributed by atoms with Crippen LogP contribution in [0.1, 0.15) is 124 Å². The van der Waals surface area contributed by atoms with Crippen molar-refractivity contribution in [3.8, 4) is 0 Å². The zero-order chi connectivity index (χ0) is 23.9. The highest BCUT2D eigenvalue weighted by Gasteiger charge is 2.21. The van der Waals surface area contributed by atoms with Crippen LogP contribution in [-0.4, -0.2) is 31.3 Å². The predicted octanol–water partition coefficient (Wildman–Crippen LogP) is 7.73. The minimum absolute atomic E-state index is 0.246. The number of hydrogen-bond donors (Lipinski definition) is 1. The average Bonchev–Trinajstić information content (AvgIpc) is 2.77. The van der Waals surface area contributed by atoms with E-state index in [-0.39, 0.29) is 5.92 Å². The number of carbonyl (C=O) groups excluding carboxylic acids is 2. The second-order valence-electron chi connectivity index (χ2n) is 9.33. The summed E-state index contributed by atoms with van der Waals surface area (Å²) in [6.45, 7) is 10.5. The van der Waals surface area contributed by atoms with Gasteiger partial charge in [-0.2, -0.15) is 0 Å². The third-order valence-corrected chi connectivity index (χ3v) is 5.52. The Labute approximate surface area is 198 Å². The lowest BCUT2D eigenvalue weighted by Crippen LogP contribution is -2.42. The van der Waals surface area contributed by atoms with Crippen molar-refractivity contribution in [2.75, 3.05) is 13.2 Å². The van der Waals surface area contributed by atoms with Gasteiger partial charge in [0.15, 0.2) is 0 Å². The summed E-state index contributed by atoms with van der Waals surface area (Å²) in [4.78, 5) is 24.0. The van der Waals surface area contributed by atoms with Crippen molar-refractivity contribution in [1.82, 2.24) is 5.32 Å². The maximum absolute atomic E-state index is 12.2. The molecule has 0 radical (unpaired) electrons. The Bertz CT molecular complexity index is 465. The molecule has 0 aliphatic rings. The van der Waals surface area contributed by atoms with Crippen LogP contribution in [0.25, 0.3) is 0 Å². The number of rotatable bonds is 22. The molecule has 1 atom stereocenters. The summed E-state index contributed by atoms with van der Waals surface area (Å²) in [5.41, 5.74) is 0. The quantitative estimate of drug-likeness (QED) is 0.103. The molecule has 188 valence electrons. The van der Waals surface area contributed by atoms with E-state index in [0.29, 0.717) is 19.6 Å². The Kier molecular flexibility index (Phi) is 21.6. The minimum Gasteiger partial charge on any atom is -0.464 e. The normalized spacial score (nSPS) is 11.9. The van der Waals surface area contributed by atoms with E-state index in [0.717, 1.165) is 12.8 Å². The van der Waals surface area contributed by atoms with Crippen LogP contribution < -0.4 is 5.32 Å². The molecular weight excluding hydrogens is 402 g/mol. The van der Waals surface area contributed by atoms with E-state index in [1.807, 2.05) is 13.8 Å². The van der Waals surface area contributed by atoms with E-state index in [4.69, 9.17) is 9.47 Å². The molecule has 0 aromatic carbocycles. The molecule has 0 fully saturated rings. The van der Waals surface area contributed by atoms with E-state index >= 15 is 0 Å². The van der Waals surface area contributed by atoms with Gasteiger partial charge in [-0.15, -0.1) is 6.58 Å². The van der Waals surface area contributed by atoms with E-state index in [1.165, 1.54) is 83.5 Å². The molecule has 0 saturated carbocycles. The average molecular weight is 454 g/mol. The fourth-order valence-corrected chi connectivity index (χ4v) is 3.55. The molecule has 0 spiro atoms. The van der Waals surface area contributed by atoms with Crippen molar-refractivity contribution in [3.05, 3.63) is 12.7 Å². The molecule has 0 aromatic heterocycles. The second-order valence-corrected chi connectivity index (χ2v) is 9.33. The van der Waals surface area contributed by atoms with Crippen molar-refractivity contribution < 1.29 is 19.1 Å². The molecular formula is C27H51NO4. The lowest BCUT2D eigenvalue weighted by atomic mass is 10.0. The van der Waals surface area contributed by atoms with Crippen LogP contribution in [0.3, 0.4) is 0 Å². The number of alkyl carbamates (subject to hydrolysis) is 1. The molecule has 0 aliphatic heterocycles. The van der Waals surface area contributed by atoms with Crippen molar-refractivity contribution in [3.63, 3.8) is 0 Å². The summed E-state index contributed by atoms with van der Waals surface area (Å²) in [6, 6.07) is -0.733. The Morgan fingerprint density at radius 1 is 0.781 bits per heavy atom. The number of ether oxygens (including phenoxy) is 2. The fraction of sp³-hybridized carbons (Fsp3) is 0.852. The molecule has 5 nitrogen and oxygen atoms in total. The molecule has 0 rings (SSSR count). The van der Waals surface area contributed by atoms with Gasteiger partial charge in [-0.3, -0.25) is 0 Å². The topological polar surface area (TPSA) is 64.6 Å². The summed E-state index contributed by atoms with van der Waals surface area (Å²) >= 11 is 0. The zero-order valence-electron chi connectivity index (χ0n) is 21.3. The SMILES string of the molecule is C=CCC(NC(=O)OCC(C)C)C(=O)OCCCCCCCCCCCCCCCCC. The van der Waals surface area contributed by atoms with E-state index in [2.05, 4.69) is 18.8 Å². The van der Waals surface area contributed by atoms with Crippen LogP contribution in [0.15, 0.2) is 12.7 Å². The molecule has 5 heteroatoms. The number of esters is 1. The molecule has 32 heavy (non-hydrogen) atoms. The van der Waals surface area contributed by atoms with Crippen molar-refractivity contribution in [1.29, 1.82) is 0 Å². The van der Waals surface area contributed by atoms with E-state index in [1.54, 1.807) is 6.08 Å². The summed E-state index contributed by atoms with van der Waals surface area (Å²) in [6.07, 6.45) is 20.9. The largest absolute Gasteiger partial charge is 0.464 e. The van der Waals surface area contributed by atoms with Crippen LogP contribution in [-0.2, 0) is 14.3 Å². The molecule has 0 aromatic rings. The molecule has 0 bridgehead atoms. The van der Waals surface area contributed by atoms with Gasteiger partial charge in [0, 0.05) is 0 Å². The van der Waals surface area contributed by atoms with Gasteiger partial charge in [0.2, 0.25) is 0 Å². The van der Waals surface area contributed by atoms with Gasteiger partial charge >= 0.3 is 12.1 Å². The monoisotopic (exact) mass is 453 g/mol. The lowest BCUT2D eigenvalue weighted by Gasteiger charge is -2.16. The van der Waals surface area contributed by atoms with Crippen molar-refractivity contribution in [2.45, 2.75) is 130 Å². The first kappa shape index (κ1) is 30.5. The lowest BCUT2D eigenvalue weighted by molar-refractivity contribution is -0.146. The first-order valence-electron chi connectivity index (χ1n) is 13.2. The van der Waals surface area contributed by atoms with Gasteiger partial charge in [-0.25, -0.2) is 9.59 Å². The van der Waals surface area contributed by atoms with E-state index < -0.39 is 18.1 Å². The third-order valence-electron chi connectivity index (χ3n) is 5.52. The summed E-state index contributed by atoms with van der Waals surface area (Å²) in [7, 11) is 0. The molecule has 0 saturated heterocycles. The van der Waals surface area contributed by atoms with Crippen LogP contribution in [0.2, 0.25) is 0 Å². The molecule has 1 unspecified atom stereocenters. The number of unbranched alkanes of at least 4 members (excludes halogenated alkanes) is 14. The van der Waals surface area contributed by atoms with Crippen LogP contribution in [0.5, 0.6) is 0 Å². The summed E-state index contributed by atoms with van der Waals surface area (Å²) in [5, 5.41) is 2.57. The Morgan fingerprint density at radius 3 is 1.69 bits per heavy atom. The molecule has 1 amide bonds. The third kappa shape index (κ3) is 20.4. The highest BCUT2D eigenvalue weighted by atomic mass is 16.6. The first-order valence-corrected chi connectivity index (χ1v) is 13.2. The maximum atomic E-state index is 12.2. The highest BCUT2D eigenvalue weighted by molar-refractivity contribution is 5.81. The zero-order valence-corrected chi connectivity index (χ0v) is 21.3. The maximum Gasteiger partial charge on any atom is 0.407 e. The summed E-state index contributed by atoms with van der Waals surface area (Å²) in [5.74, 6) is -0.174. The van der Waals surface area contributed by atoms with Crippen LogP contribution in [0, 0.1) is 5.92 Å². The van der Waals surface area contributed by atoms with Gasteiger partial charge in [0.25, 0.3) is 0 Å². The molecule has 0 heterocycles. The smallest absolute Gasteiger partial charge is 0.407 e. The number of carbonyl (C=O) groups is 2. The van der Waals surface area contributed by atoms with Crippen LogP contribution in [0.4, 0.5) is 4.79 Å². The standard InChI is InChI=1S/C27H51NO4/c1-5-7-8-9-10-11-12-13-14-15-16-17-18-19-20-22-31-26(29)25(21-6-2)28-27(30)32-23-24(3)4/h6,24-25H,2,5,7-23H2,1,3-4H3,(H,28,30). The van der Waals surface area contributed by atoms with Gasteiger partial charge in [-0.05, 0) is 18.8 Å². The van der Waals surface area contributed by atoms with Gasteiger partial charge in [-0.1, -0.05) is 117 Å². The molecule has 0 aliphatic carbocycles.